The number of rotatable bonds is 9. The van der Waals surface area contributed by atoms with E-state index in [0.717, 1.165) is 19.3 Å². The Morgan fingerprint density at radius 3 is 2.63 bits per heavy atom. The zero-order valence-corrected chi connectivity index (χ0v) is 16.1. The predicted molar refractivity (Wildman–Crippen MR) is 106 cm³/mol. The Morgan fingerprint density at radius 1 is 1.11 bits per heavy atom. The van der Waals surface area contributed by atoms with E-state index < -0.39 is 0 Å². The summed E-state index contributed by atoms with van der Waals surface area (Å²) < 4.78 is 5.72. The Bertz CT molecular complexity index is 775. The maximum absolute atomic E-state index is 12.6. The number of nitrogens with zero attached hydrogens (tertiary/aromatic N) is 1. The van der Waals surface area contributed by atoms with E-state index in [4.69, 9.17) is 4.74 Å². The average Bonchev–Trinajstić information content (AvgIpc) is 2.66. The molecule has 0 unspecified atom stereocenters. The van der Waals surface area contributed by atoms with E-state index >= 15 is 0 Å². The molecule has 6 heteroatoms. The van der Waals surface area contributed by atoms with Crippen molar-refractivity contribution < 1.29 is 14.3 Å². The molecule has 0 saturated carbocycles. The van der Waals surface area contributed by atoms with Gasteiger partial charge in [-0.15, -0.1) is 0 Å². The van der Waals surface area contributed by atoms with Gasteiger partial charge in [-0.25, -0.2) is 0 Å². The van der Waals surface area contributed by atoms with Crippen LogP contribution in [0.1, 0.15) is 60.9 Å². The van der Waals surface area contributed by atoms with Crippen molar-refractivity contribution in [2.45, 2.75) is 46.1 Å². The second-order valence-electron chi connectivity index (χ2n) is 6.51. The van der Waals surface area contributed by atoms with Gasteiger partial charge in [0.15, 0.2) is 0 Å². The zero-order valence-electron chi connectivity index (χ0n) is 16.1. The van der Waals surface area contributed by atoms with Gasteiger partial charge in [-0.2, -0.15) is 0 Å². The third-order valence-corrected chi connectivity index (χ3v) is 3.82. The molecule has 0 atom stereocenters. The van der Waals surface area contributed by atoms with Crippen molar-refractivity contribution in [2.75, 3.05) is 11.9 Å². The first-order valence-electron chi connectivity index (χ1n) is 9.32. The van der Waals surface area contributed by atoms with E-state index in [1.165, 1.54) is 12.3 Å². The molecule has 0 fully saturated rings. The molecular weight excluding hydrogens is 342 g/mol. The van der Waals surface area contributed by atoms with E-state index in [9.17, 15) is 9.59 Å². The molecule has 1 heterocycles. The zero-order chi connectivity index (χ0) is 19.6. The molecule has 2 rings (SSSR count). The number of unbranched alkanes of at least 4 members (excludes halogenated alkanes) is 2. The van der Waals surface area contributed by atoms with Gasteiger partial charge in [0.1, 0.15) is 11.4 Å². The lowest BCUT2D eigenvalue weighted by molar-refractivity contribution is 0.0948. The summed E-state index contributed by atoms with van der Waals surface area (Å²) >= 11 is 0. The van der Waals surface area contributed by atoms with E-state index in [2.05, 4.69) is 22.5 Å². The van der Waals surface area contributed by atoms with Crippen molar-refractivity contribution in [3.63, 3.8) is 0 Å². The highest BCUT2D eigenvalue weighted by molar-refractivity contribution is 6.06. The molecule has 0 radical (unpaired) electrons. The number of carbonyl (C=O) groups is 2. The lowest BCUT2D eigenvalue weighted by Gasteiger charge is -2.15. The molecule has 1 aromatic heterocycles. The number of hydrogen-bond acceptors (Lipinski definition) is 4. The van der Waals surface area contributed by atoms with Crippen molar-refractivity contribution in [2.24, 2.45) is 0 Å². The van der Waals surface area contributed by atoms with Gasteiger partial charge < -0.3 is 15.4 Å². The third-order valence-electron chi connectivity index (χ3n) is 3.82. The summed E-state index contributed by atoms with van der Waals surface area (Å²) in [4.78, 5) is 28.9. The van der Waals surface area contributed by atoms with Gasteiger partial charge in [0.2, 0.25) is 0 Å². The van der Waals surface area contributed by atoms with Gasteiger partial charge in [0.05, 0.1) is 11.8 Å². The van der Waals surface area contributed by atoms with Crippen LogP contribution in [0.4, 0.5) is 5.69 Å². The number of aromatic nitrogens is 1. The Balaban J connectivity index is 2.06. The van der Waals surface area contributed by atoms with Gasteiger partial charge in [-0.05, 0) is 44.5 Å². The van der Waals surface area contributed by atoms with Crippen molar-refractivity contribution in [1.82, 2.24) is 10.3 Å². The Hall–Kier alpha value is -2.89. The molecule has 0 spiro atoms. The fourth-order valence-electron chi connectivity index (χ4n) is 2.48. The number of carbonyl (C=O) groups excluding carboxylic acids is 2. The molecule has 2 aromatic rings. The Kier molecular flexibility index (Phi) is 7.79. The molecule has 0 aliphatic heterocycles. The first kappa shape index (κ1) is 20.4. The van der Waals surface area contributed by atoms with E-state index in [0.29, 0.717) is 23.5 Å². The van der Waals surface area contributed by atoms with Crippen LogP contribution in [0.25, 0.3) is 0 Å². The van der Waals surface area contributed by atoms with Crippen molar-refractivity contribution in [3.8, 4) is 5.75 Å². The second kappa shape index (κ2) is 10.3. The summed E-state index contributed by atoms with van der Waals surface area (Å²) in [6.45, 7) is 6.56. The van der Waals surface area contributed by atoms with Gasteiger partial charge in [-0.3, -0.25) is 14.6 Å². The number of para-hydroxylation sites is 2. The highest BCUT2D eigenvalue weighted by Crippen LogP contribution is 2.25. The number of nitrogens with one attached hydrogen (secondary N) is 2. The Labute approximate surface area is 160 Å². The standard InChI is InChI=1S/C21H27N3O3/c1-4-5-8-12-23-21(26)18-14-16(11-13-22-18)20(25)24-17-9-6-7-10-19(17)27-15(2)3/h6-7,9-11,13-15H,4-5,8,12H2,1-3H3,(H,23,26)(H,24,25). The van der Waals surface area contributed by atoms with Crippen LogP contribution in [0.15, 0.2) is 42.6 Å². The normalized spacial score (nSPS) is 10.5. The molecule has 144 valence electrons. The van der Waals surface area contributed by atoms with E-state index in [1.807, 2.05) is 26.0 Å². The first-order chi connectivity index (χ1) is 13.0. The fourth-order valence-corrected chi connectivity index (χ4v) is 2.48. The third kappa shape index (κ3) is 6.40. The molecule has 6 nitrogen and oxygen atoms in total. The number of amides is 2. The molecule has 0 saturated heterocycles. The van der Waals surface area contributed by atoms with Crippen LogP contribution >= 0.6 is 0 Å². The van der Waals surface area contributed by atoms with Crippen molar-refractivity contribution in [1.29, 1.82) is 0 Å². The topological polar surface area (TPSA) is 80.3 Å². The second-order valence-corrected chi connectivity index (χ2v) is 6.51. The number of pyridine rings is 1. The molecule has 1 aromatic carbocycles. The SMILES string of the molecule is CCCCCNC(=O)c1cc(C(=O)Nc2ccccc2OC(C)C)ccn1. The minimum absolute atomic E-state index is 0.00742. The predicted octanol–water partition coefficient (Wildman–Crippen LogP) is 4.04. The molecule has 0 aliphatic carbocycles. The summed E-state index contributed by atoms with van der Waals surface area (Å²) in [6.07, 6.45) is 4.54. The van der Waals surface area contributed by atoms with E-state index in [-0.39, 0.29) is 23.6 Å². The first-order valence-corrected chi connectivity index (χ1v) is 9.32. The summed E-state index contributed by atoms with van der Waals surface area (Å²) in [5, 5.41) is 5.66. The molecule has 0 aliphatic rings. The monoisotopic (exact) mass is 369 g/mol. The number of anilines is 1. The van der Waals surface area contributed by atoms with Crippen LogP contribution in [0, 0.1) is 0 Å². The molecule has 0 bridgehead atoms. The van der Waals surface area contributed by atoms with Gasteiger partial charge >= 0.3 is 0 Å². The number of benzene rings is 1. The summed E-state index contributed by atoms with van der Waals surface area (Å²) in [6, 6.07) is 10.3. The van der Waals surface area contributed by atoms with Crippen LogP contribution in [0.2, 0.25) is 0 Å². The number of hydrogen-bond donors (Lipinski definition) is 2. The Morgan fingerprint density at radius 2 is 1.89 bits per heavy atom. The maximum Gasteiger partial charge on any atom is 0.269 e. The largest absolute Gasteiger partial charge is 0.489 e. The average molecular weight is 369 g/mol. The van der Waals surface area contributed by atoms with Crippen LogP contribution in [0.5, 0.6) is 5.75 Å². The van der Waals surface area contributed by atoms with Gasteiger partial charge in [0, 0.05) is 18.3 Å². The van der Waals surface area contributed by atoms with Gasteiger partial charge in [-0.1, -0.05) is 31.9 Å². The summed E-state index contributed by atoms with van der Waals surface area (Å²) in [5.41, 5.74) is 1.17. The lowest BCUT2D eigenvalue weighted by Crippen LogP contribution is -2.26. The van der Waals surface area contributed by atoms with Crippen LogP contribution in [-0.4, -0.2) is 29.4 Å². The summed E-state index contributed by atoms with van der Waals surface area (Å²) in [5.74, 6) is 0.00494. The quantitative estimate of drug-likeness (QED) is 0.654. The minimum Gasteiger partial charge on any atom is -0.489 e. The molecular formula is C21H27N3O3. The van der Waals surface area contributed by atoms with E-state index in [1.54, 1.807) is 18.2 Å². The molecule has 2 N–H and O–H groups in total. The minimum atomic E-state index is -0.322. The fraction of sp³-hybridized carbons (Fsp3) is 0.381. The van der Waals surface area contributed by atoms with Crippen molar-refractivity contribution in [3.05, 3.63) is 53.9 Å². The molecule has 27 heavy (non-hydrogen) atoms. The van der Waals surface area contributed by atoms with Crippen LogP contribution in [0.3, 0.4) is 0 Å². The smallest absolute Gasteiger partial charge is 0.269 e. The summed E-state index contributed by atoms with van der Waals surface area (Å²) in [7, 11) is 0. The maximum atomic E-state index is 12.6. The lowest BCUT2D eigenvalue weighted by atomic mass is 10.2. The number of ether oxygens (including phenoxy) is 1. The van der Waals surface area contributed by atoms with Gasteiger partial charge in [0.25, 0.3) is 11.8 Å². The van der Waals surface area contributed by atoms with Crippen LogP contribution in [-0.2, 0) is 0 Å². The highest BCUT2D eigenvalue weighted by Gasteiger charge is 2.14. The molecule has 2 amide bonds. The highest BCUT2D eigenvalue weighted by atomic mass is 16.5. The van der Waals surface area contributed by atoms with Crippen molar-refractivity contribution >= 4 is 17.5 Å². The van der Waals surface area contributed by atoms with Crippen LogP contribution < -0.4 is 15.4 Å².